The van der Waals surface area contributed by atoms with Crippen molar-refractivity contribution in [2.75, 3.05) is 30.9 Å². The highest BCUT2D eigenvalue weighted by Gasteiger charge is 2.59. The normalized spacial score (nSPS) is 29.2. The summed E-state index contributed by atoms with van der Waals surface area (Å²) in [5.41, 5.74) is 0.569. The number of methoxy groups -OCH3 is 1. The van der Waals surface area contributed by atoms with Crippen LogP contribution in [-0.4, -0.2) is 53.7 Å². The van der Waals surface area contributed by atoms with Crippen LogP contribution in [0.25, 0.3) is 0 Å². The Hall–Kier alpha value is -2.61. The molecule has 30 heavy (non-hydrogen) atoms. The van der Waals surface area contributed by atoms with Crippen molar-refractivity contribution in [3.05, 3.63) is 36.4 Å². The summed E-state index contributed by atoms with van der Waals surface area (Å²) in [6, 6.07) is 7.23. The highest BCUT2D eigenvalue weighted by atomic mass is 32.2. The smallest absolute Gasteiger partial charge is 0.253 e. The standard InChI is InChI=1S/C22H23N3O4S/c1-29-16-6-3-2-5-15(16)25(22-23-9-4-10-30-22)17(26)12-24-20(27)18-13-7-8-14(11-13)19(18)21(24)28/h2-3,5-8,13-14,18-19H,4,9-12H2,1H3/t13-,14+,18+,19-. The van der Waals surface area contributed by atoms with Gasteiger partial charge in [0.2, 0.25) is 11.8 Å². The maximum atomic E-state index is 13.5. The number of hydrogen-bond donors (Lipinski definition) is 0. The van der Waals surface area contributed by atoms with Gasteiger partial charge < -0.3 is 4.74 Å². The summed E-state index contributed by atoms with van der Waals surface area (Å²) in [6.07, 6.45) is 5.92. The Balaban J connectivity index is 1.44. The number of nitrogens with zero attached hydrogens (tertiary/aromatic N) is 3. The number of para-hydroxylation sites is 2. The van der Waals surface area contributed by atoms with Crippen molar-refractivity contribution in [2.24, 2.45) is 28.7 Å². The third kappa shape index (κ3) is 2.96. The number of allylic oxidation sites excluding steroid dienone is 2. The first-order chi connectivity index (χ1) is 14.6. The molecule has 1 saturated carbocycles. The number of likely N-dealkylation sites (tertiary alicyclic amines) is 1. The number of rotatable bonds is 4. The van der Waals surface area contributed by atoms with Gasteiger partial charge in [-0.05, 0) is 36.8 Å². The molecule has 2 fully saturated rings. The van der Waals surface area contributed by atoms with E-state index in [-0.39, 0.29) is 47.9 Å². The van der Waals surface area contributed by atoms with Gasteiger partial charge in [0, 0.05) is 12.3 Å². The van der Waals surface area contributed by atoms with Gasteiger partial charge in [0.05, 0.1) is 24.6 Å². The van der Waals surface area contributed by atoms with Crippen LogP contribution in [0.4, 0.5) is 5.69 Å². The van der Waals surface area contributed by atoms with Crippen molar-refractivity contribution < 1.29 is 19.1 Å². The molecule has 0 N–H and O–H groups in total. The van der Waals surface area contributed by atoms with Crippen LogP contribution in [0.15, 0.2) is 41.4 Å². The number of benzene rings is 1. The molecule has 0 radical (unpaired) electrons. The summed E-state index contributed by atoms with van der Waals surface area (Å²) in [7, 11) is 1.55. The van der Waals surface area contributed by atoms with E-state index in [0.717, 1.165) is 18.6 Å². The van der Waals surface area contributed by atoms with Gasteiger partial charge in [-0.1, -0.05) is 36.0 Å². The van der Waals surface area contributed by atoms with Crippen LogP contribution >= 0.6 is 11.8 Å². The topological polar surface area (TPSA) is 79.3 Å². The fourth-order valence-electron chi connectivity index (χ4n) is 5.07. The Morgan fingerprint density at radius 3 is 2.53 bits per heavy atom. The number of amides is 3. The average Bonchev–Trinajstić information content (AvgIpc) is 3.45. The number of hydrogen-bond acceptors (Lipinski definition) is 6. The summed E-state index contributed by atoms with van der Waals surface area (Å²) in [4.78, 5) is 46.7. The third-order valence-electron chi connectivity index (χ3n) is 6.40. The predicted molar refractivity (Wildman–Crippen MR) is 114 cm³/mol. The van der Waals surface area contributed by atoms with E-state index in [2.05, 4.69) is 17.1 Å². The van der Waals surface area contributed by atoms with Crippen molar-refractivity contribution >= 4 is 40.3 Å². The maximum Gasteiger partial charge on any atom is 0.253 e. The van der Waals surface area contributed by atoms with Crippen LogP contribution in [-0.2, 0) is 14.4 Å². The summed E-state index contributed by atoms with van der Waals surface area (Å²) in [6.45, 7) is 0.365. The fraction of sp³-hybridized carbons (Fsp3) is 0.455. The van der Waals surface area contributed by atoms with E-state index < -0.39 is 0 Å². The number of anilines is 1. The number of carbonyl (C=O) groups is 3. The molecule has 7 nitrogen and oxygen atoms in total. The van der Waals surface area contributed by atoms with Crippen LogP contribution in [0.3, 0.4) is 0 Å². The van der Waals surface area contributed by atoms with Gasteiger partial charge in [-0.25, -0.2) is 0 Å². The zero-order chi connectivity index (χ0) is 20.8. The number of amidine groups is 1. The maximum absolute atomic E-state index is 13.5. The minimum absolute atomic E-state index is 0.125. The molecule has 3 amide bonds. The molecule has 2 bridgehead atoms. The highest BCUT2D eigenvalue weighted by molar-refractivity contribution is 8.14. The Labute approximate surface area is 179 Å². The summed E-state index contributed by atoms with van der Waals surface area (Å²) in [5.74, 6) is 0.260. The Kier molecular flexibility index (Phi) is 4.89. The molecule has 0 aromatic heterocycles. The second-order valence-electron chi connectivity index (χ2n) is 8.03. The van der Waals surface area contributed by atoms with Gasteiger partial charge in [-0.3, -0.25) is 29.2 Å². The van der Waals surface area contributed by atoms with E-state index in [1.54, 1.807) is 19.2 Å². The minimum atomic E-state index is -0.352. The second-order valence-corrected chi connectivity index (χ2v) is 9.09. The molecule has 0 spiro atoms. The molecule has 1 saturated heterocycles. The van der Waals surface area contributed by atoms with Crippen molar-refractivity contribution in [1.29, 1.82) is 0 Å². The van der Waals surface area contributed by atoms with Gasteiger partial charge in [0.15, 0.2) is 5.17 Å². The lowest BCUT2D eigenvalue weighted by Gasteiger charge is -2.28. The zero-order valence-electron chi connectivity index (χ0n) is 16.7. The van der Waals surface area contributed by atoms with Crippen LogP contribution in [0.2, 0.25) is 0 Å². The predicted octanol–water partition coefficient (Wildman–Crippen LogP) is 2.33. The molecule has 1 aromatic carbocycles. The molecule has 0 unspecified atom stereocenters. The molecule has 1 aromatic rings. The lowest BCUT2D eigenvalue weighted by atomic mass is 9.85. The van der Waals surface area contributed by atoms with E-state index in [9.17, 15) is 14.4 Å². The fourth-order valence-corrected chi connectivity index (χ4v) is 6.04. The van der Waals surface area contributed by atoms with E-state index in [1.165, 1.54) is 21.6 Å². The Bertz CT molecular complexity index is 945. The molecule has 2 aliphatic carbocycles. The van der Waals surface area contributed by atoms with Gasteiger partial charge >= 0.3 is 0 Å². The average molecular weight is 426 g/mol. The van der Waals surface area contributed by atoms with Gasteiger partial charge in [0.25, 0.3) is 5.91 Å². The monoisotopic (exact) mass is 425 g/mol. The first-order valence-corrected chi connectivity index (χ1v) is 11.3. The van der Waals surface area contributed by atoms with Crippen molar-refractivity contribution in [1.82, 2.24) is 4.90 Å². The molecular formula is C22H23N3O4S. The Morgan fingerprint density at radius 2 is 1.90 bits per heavy atom. The molecular weight excluding hydrogens is 402 g/mol. The van der Waals surface area contributed by atoms with Gasteiger partial charge in [-0.2, -0.15) is 0 Å². The van der Waals surface area contributed by atoms with Crippen molar-refractivity contribution in [3.8, 4) is 5.75 Å². The number of carbonyl (C=O) groups excluding carboxylic acids is 3. The highest BCUT2D eigenvalue weighted by Crippen LogP contribution is 2.52. The van der Waals surface area contributed by atoms with Crippen molar-refractivity contribution in [2.45, 2.75) is 12.8 Å². The van der Waals surface area contributed by atoms with Crippen LogP contribution in [0, 0.1) is 23.7 Å². The lowest BCUT2D eigenvalue weighted by Crippen LogP contribution is -2.46. The van der Waals surface area contributed by atoms with Crippen molar-refractivity contribution in [3.63, 3.8) is 0 Å². The zero-order valence-corrected chi connectivity index (χ0v) is 17.5. The summed E-state index contributed by atoms with van der Waals surface area (Å²) >= 11 is 1.50. The Morgan fingerprint density at radius 1 is 1.20 bits per heavy atom. The number of imide groups is 1. The number of thioether (sulfide) groups is 1. The summed E-state index contributed by atoms with van der Waals surface area (Å²) < 4.78 is 5.46. The van der Waals surface area contributed by atoms with Gasteiger partial charge in [0.1, 0.15) is 12.3 Å². The summed E-state index contributed by atoms with van der Waals surface area (Å²) in [5, 5.41) is 0.580. The molecule has 5 rings (SSSR count). The van der Waals surface area contributed by atoms with Crippen LogP contribution in [0.1, 0.15) is 12.8 Å². The second kappa shape index (κ2) is 7.58. The number of ether oxygens (including phenoxy) is 1. The molecule has 4 aliphatic rings. The molecule has 2 aliphatic heterocycles. The first kappa shape index (κ1) is 19.4. The van der Waals surface area contributed by atoms with E-state index >= 15 is 0 Å². The third-order valence-corrected chi connectivity index (χ3v) is 7.47. The van der Waals surface area contributed by atoms with E-state index in [0.29, 0.717) is 23.1 Å². The SMILES string of the molecule is COc1ccccc1N(C(=O)CN1C(=O)[C@@H]2[C@H](C1=O)[C@H]1C=C[C@@H]2C1)C1=NCCCS1. The molecule has 156 valence electrons. The van der Waals surface area contributed by atoms with E-state index in [1.807, 2.05) is 12.1 Å². The van der Waals surface area contributed by atoms with Gasteiger partial charge in [-0.15, -0.1) is 0 Å². The quantitative estimate of drug-likeness (QED) is 0.547. The lowest BCUT2D eigenvalue weighted by molar-refractivity contribution is -0.143. The van der Waals surface area contributed by atoms with Crippen LogP contribution in [0.5, 0.6) is 5.75 Å². The molecule has 8 heteroatoms. The number of fused-ring (bicyclic) bond motifs is 5. The number of aliphatic imine (C=N–C) groups is 1. The van der Waals surface area contributed by atoms with E-state index in [4.69, 9.17) is 4.74 Å². The minimum Gasteiger partial charge on any atom is -0.495 e. The molecule has 2 heterocycles. The van der Waals surface area contributed by atoms with Crippen LogP contribution < -0.4 is 9.64 Å². The first-order valence-electron chi connectivity index (χ1n) is 10.3. The molecule has 4 atom stereocenters. The largest absolute Gasteiger partial charge is 0.495 e.